The van der Waals surface area contributed by atoms with Crippen LogP contribution < -0.4 is 5.32 Å². The summed E-state index contributed by atoms with van der Waals surface area (Å²) in [6.07, 6.45) is 4.71. The van der Waals surface area contributed by atoms with Crippen LogP contribution in [0, 0.1) is 0 Å². The molecule has 7 heteroatoms. The molecule has 1 N–H and O–H groups in total. The molecule has 1 atom stereocenters. The van der Waals surface area contributed by atoms with Gasteiger partial charge in [0.25, 0.3) is 0 Å². The van der Waals surface area contributed by atoms with Crippen molar-refractivity contribution in [3.05, 3.63) is 29.8 Å². The standard InChI is InChI=1S/C23H34N4O2S/c1-16(21(28)24-14-15-29-5)30-22-26-25-20(27(22)19-8-6-7-9-19)17-10-12-18(13-11-17)23(2,3)4/h10-13,16,19H,6-9,14-15H2,1-5H3,(H,24,28)/t16-/m0/s1. The highest BCUT2D eigenvalue weighted by Crippen LogP contribution is 2.38. The number of aromatic nitrogens is 3. The summed E-state index contributed by atoms with van der Waals surface area (Å²) in [5.74, 6) is 0.894. The molecule has 3 rings (SSSR count). The van der Waals surface area contributed by atoms with E-state index in [9.17, 15) is 4.79 Å². The molecule has 0 bridgehead atoms. The zero-order valence-electron chi connectivity index (χ0n) is 18.8. The zero-order chi connectivity index (χ0) is 21.7. The monoisotopic (exact) mass is 430 g/mol. The minimum atomic E-state index is -0.248. The van der Waals surface area contributed by atoms with Crippen molar-refractivity contribution in [1.82, 2.24) is 20.1 Å². The lowest BCUT2D eigenvalue weighted by Crippen LogP contribution is -2.33. The average Bonchev–Trinajstić information content (AvgIpc) is 3.37. The fourth-order valence-electron chi connectivity index (χ4n) is 3.80. The number of ether oxygens (including phenoxy) is 1. The molecule has 164 valence electrons. The van der Waals surface area contributed by atoms with Gasteiger partial charge < -0.3 is 10.1 Å². The number of benzene rings is 1. The molecular weight excluding hydrogens is 396 g/mol. The first-order valence-corrected chi connectivity index (χ1v) is 11.7. The molecule has 1 fully saturated rings. The third kappa shape index (κ3) is 5.43. The molecular formula is C23H34N4O2S. The minimum absolute atomic E-state index is 0.00546. The van der Waals surface area contributed by atoms with Crippen molar-refractivity contribution in [2.75, 3.05) is 20.3 Å². The number of hydrogen-bond acceptors (Lipinski definition) is 5. The maximum Gasteiger partial charge on any atom is 0.233 e. The van der Waals surface area contributed by atoms with Gasteiger partial charge in [-0.1, -0.05) is 69.6 Å². The summed E-state index contributed by atoms with van der Waals surface area (Å²) >= 11 is 1.48. The first kappa shape index (κ1) is 22.8. The quantitative estimate of drug-likeness (QED) is 0.490. The summed E-state index contributed by atoms with van der Waals surface area (Å²) in [6.45, 7) is 9.60. The normalized spacial score (nSPS) is 16.0. The Labute approximate surface area is 184 Å². The lowest BCUT2D eigenvalue weighted by atomic mass is 9.86. The summed E-state index contributed by atoms with van der Waals surface area (Å²) in [7, 11) is 1.63. The van der Waals surface area contributed by atoms with Crippen LogP contribution >= 0.6 is 11.8 Å². The van der Waals surface area contributed by atoms with Gasteiger partial charge in [0.15, 0.2) is 11.0 Å². The molecule has 1 saturated carbocycles. The molecule has 1 heterocycles. The van der Waals surface area contributed by atoms with Crippen LogP contribution in [0.5, 0.6) is 0 Å². The van der Waals surface area contributed by atoms with Crippen molar-refractivity contribution < 1.29 is 9.53 Å². The maximum absolute atomic E-state index is 12.4. The van der Waals surface area contributed by atoms with Crippen LogP contribution in [0.15, 0.2) is 29.4 Å². The zero-order valence-corrected chi connectivity index (χ0v) is 19.6. The number of amides is 1. The number of carbonyl (C=O) groups is 1. The number of hydrogen-bond donors (Lipinski definition) is 1. The van der Waals surface area contributed by atoms with Gasteiger partial charge in [0.05, 0.1) is 11.9 Å². The Morgan fingerprint density at radius 3 is 2.50 bits per heavy atom. The number of rotatable bonds is 8. The molecule has 0 saturated heterocycles. The number of carbonyl (C=O) groups excluding carboxylic acids is 1. The molecule has 0 spiro atoms. The third-order valence-corrected chi connectivity index (χ3v) is 6.68. The van der Waals surface area contributed by atoms with Gasteiger partial charge in [-0.3, -0.25) is 9.36 Å². The molecule has 0 aliphatic heterocycles. The van der Waals surface area contributed by atoms with E-state index in [1.165, 1.54) is 30.2 Å². The van der Waals surface area contributed by atoms with Crippen LogP contribution in [-0.2, 0) is 14.9 Å². The largest absolute Gasteiger partial charge is 0.383 e. The van der Waals surface area contributed by atoms with Crippen LogP contribution in [0.4, 0.5) is 0 Å². The second kappa shape index (κ2) is 9.96. The van der Waals surface area contributed by atoms with E-state index in [1.807, 2.05) is 6.92 Å². The Hall–Kier alpha value is -1.86. The van der Waals surface area contributed by atoms with Gasteiger partial charge in [0.1, 0.15) is 0 Å². The third-order valence-electron chi connectivity index (χ3n) is 5.62. The molecule has 1 aromatic heterocycles. The average molecular weight is 431 g/mol. The topological polar surface area (TPSA) is 69.0 Å². The van der Waals surface area contributed by atoms with E-state index in [-0.39, 0.29) is 16.6 Å². The Morgan fingerprint density at radius 1 is 1.23 bits per heavy atom. The second-order valence-electron chi connectivity index (χ2n) is 8.99. The van der Waals surface area contributed by atoms with Gasteiger partial charge in [-0.15, -0.1) is 10.2 Å². The summed E-state index contributed by atoms with van der Waals surface area (Å²) < 4.78 is 7.28. The van der Waals surface area contributed by atoms with Crippen molar-refractivity contribution >= 4 is 17.7 Å². The highest BCUT2D eigenvalue weighted by Gasteiger charge is 2.27. The van der Waals surface area contributed by atoms with Crippen molar-refractivity contribution in [3.8, 4) is 11.4 Å². The van der Waals surface area contributed by atoms with Crippen LogP contribution in [0.3, 0.4) is 0 Å². The van der Waals surface area contributed by atoms with Crippen molar-refractivity contribution in [3.63, 3.8) is 0 Å². The first-order valence-electron chi connectivity index (χ1n) is 10.8. The van der Waals surface area contributed by atoms with Crippen molar-refractivity contribution in [1.29, 1.82) is 0 Å². The molecule has 6 nitrogen and oxygen atoms in total. The number of nitrogens with one attached hydrogen (secondary N) is 1. The summed E-state index contributed by atoms with van der Waals surface area (Å²) in [4.78, 5) is 12.4. The summed E-state index contributed by atoms with van der Waals surface area (Å²) in [5.41, 5.74) is 2.49. The Bertz CT molecular complexity index is 836. The minimum Gasteiger partial charge on any atom is -0.383 e. The fourth-order valence-corrected chi connectivity index (χ4v) is 4.74. The highest BCUT2D eigenvalue weighted by molar-refractivity contribution is 8.00. The molecule has 1 amide bonds. The van der Waals surface area contributed by atoms with E-state index >= 15 is 0 Å². The Morgan fingerprint density at radius 2 is 1.90 bits per heavy atom. The maximum atomic E-state index is 12.4. The van der Waals surface area contributed by atoms with Gasteiger partial charge in [0.2, 0.25) is 5.91 Å². The smallest absolute Gasteiger partial charge is 0.233 e. The predicted octanol–water partition coefficient (Wildman–Crippen LogP) is 4.60. The van der Waals surface area contributed by atoms with Crippen molar-refractivity contribution in [2.45, 2.75) is 75.2 Å². The van der Waals surface area contributed by atoms with E-state index in [0.29, 0.717) is 19.2 Å². The highest BCUT2D eigenvalue weighted by atomic mass is 32.2. The number of thioether (sulfide) groups is 1. The molecule has 0 radical (unpaired) electrons. The van der Waals surface area contributed by atoms with E-state index in [4.69, 9.17) is 4.74 Å². The van der Waals surface area contributed by atoms with Gasteiger partial charge in [-0.2, -0.15) is 0 Å². The molecule has 1 aliphatic rings. The van der Waals surface area contributed by atoms with Crippen LogP contribution in [0.1, 0.15) is 65.0 Å². The first-order chi connectivity index (χ1) is 14.3. The van der Waals surface area contributed by atoms with E-state index in [1.54, 1.807) is 7.11 Å². The summed E-state index contributed by atoms with van der Waals surface area (Å²) in [5, 5.41) is 12.5. The summed E-state index contributed by atoms with van der Waals surface area (Å²) in [6, 6.07) is 9.05. The lowest BCUT2D eigenvalue weighted by molar-refractivity contribution is -0.120. The molecule has 0 unspecified atom stereocenters. The van der Waals surface area contributed by atoms with Crippen LogP contribution in [0.2, 0.25) is 0 Å². The van der Waals surface area contributed by atoms with Crippen LogP contribution in [-0.4, -0.2) is 46.2 Å². The van der Waals surface area contributed by atoms with E-state index < -0.39 is 0 Å². The van der Waals surface area contributed by atoms with Crippen LogP contribution in [0.25, 0.3) is 11.4 Å². The molecule has 1 aromatic carbocycles. The fraction of sp³-hybridized carbons (Fsp3) is 0.609. The molecule has 1 aliphatic carbocycles. The predicted molar refractivity (Wildman–Crippen MR) is 122 cm³/mol. The Balaban J connectivity index is 1.85. The Kier molecular flexibility index (Phi) is 7.58. The van der Waals surface area contributed by atoms with Gasteiger partial charge in [-0.05, 0) is 30.7 Å². The molecule has 30 heavy (non-hydrogen) atoms. The van der Waals surface area contributed by atoms with E-state index in [0.717, 1.165) is 29.4 Å². The van der Waals surface area contributed by atoms with Gasteiger partial charge >= 0.3 is 0 Å². The van der Waals surface area contributed by atoms with Crippen molar-refractivity contribution in [2.24, 2.45) is 0 Å². The second-order valence-corrected chi connectivity index (χ2v) is 10.3. The van der Waals surface area contributed by atoms with E-state index in [2.05, 4.69) is 65.1 Å². The van der Waals surface area contributed by atoms with Gasteiger partial charge in [-0.25, -0.2) is 0 Å². The molecule has 2 aromatic rings. The number of methoxy groups -OCH3 is 1. The number of nitrogens with zero attached hydrogens (tertiary/aromatic N) is 3. The van der Waals surface area contributed by atoms with Gasteiger partial charge in [0, 0.05) is 25.3 Å². The SMILES string of the molecule is COCCNC(=O)[C@H](C)Sc1nnc(-c2ccc(C(C)(C)C)cc2)n1C1CCCC1. The lowest BCUT2D eigenvalue weighted by Gasteiger charge is -2.20.